The normalized spacial score (nSPS) is 19.9. The highest BCUT2D eigenvalue weighted by Crippen LogP contribution is 2.28. The summed E-state index contributed by atoms with van der Waals surface area (Å²) in [6.45, 7) is 2.94. The molecule has 2 rings (SSSR count). The molecule has 0 bridgehead atoms. The van der Waals surface area contributed by atoms with E-state index >= 15 is 0 Å². The van der Waals surface area contributed by atoms with Crippen molar-refractivity contribution < 1.29 is 4.74 Å². The van der Waals surface area contributed by atoms with Gasteiger partial charge in [-0.3, -0.25) is 4.98 Å². The van der Waals surface area contributed by atoms with Crippen LogP contribution >= 0.6 is 0 Å². The molecule has 1 aromatic heterocycles. The number of nitrogens with two attached hydrogens (primary N) is 1. The Kier molecular flexibility index (Phi) is 5.14. The fourth-order valence-electron chi connectivity index (χ4n) is 2.64. The van der Waals surface area contributed by atoms with Crippen LogP contribution in [-0.2, 0) is 4.74 Å². The number of pyridine rings is 1. The van der Waals surface area contributed by atoms with E-state index in [0.29, 0.717) is 0 Å². The van der Waals surface area contributed by atoms with Crippen LogP contribution in [0.2, 0.25) is 0 Å². The van der Waals surface area contributed by atoms with Gasteiger partial charge in [0.15, 0.2) is 0 Å². The quantitative estimate of drug-likeness (QED) is 0.841. The highest BCUT2D eigenvalue weighted by Gasteiger charge is 2.22. The van der Waals surface area contributed by atoms with Crippen molar-refractivity contribution in [2.45, 2.75) is 51.2 Å². The summed E-state index contributed by atoms with van der Waals surface area (Å²) in [5, 5.41) is 0. The summed E-state index contributed by atoms with van der Waals surface area (Å²) in [5.41, 5.74) is 7.28. The van der Waals surface area contributed by atoms with Crippen LogP contribution in [-0.4, -0.2) is 17.6 Å². The van der Waals surface area contributed by atoms with Gasteiger partial charge in [-0.15, -0.1) is 0 Å². The summed E-state index contributed by atoms with van der Waals surface area (Å²) in [5.74, 6) is 0.730. The first-order valence-corrected chi connectivity index (χ1v) is 7.08. The number of rotatable bonds is 6. The van der Waals surface area contributed by atoms with E-state index in [9.17, 15) is 0 Å². The second-order valence-corrected chi connectivity index (χ2v) is 5.26. The lowest BCUT2D eigenvalue weighted by atomic mass is 10.0. The molecule has 0 aliphatic heterocycles. The van der Waals surface area contributed by atoms with Crippen LogP contribution in [0.4, 0.5) is 0 Å². The van der Waals surface area contributed by atoms with Gasteiger partial charge >= 0.3 is 0 Å². The van der Waals surface area contributed by atoms with Crippen molar-refractivity contribution in [3.63, 3.8) is 0 Å². The summed E-state index contributed by atoms with van der Waals surface area (Å²) in [4.78, 5) is 4.17. The van der Waals surface area contributed by atoms with Crippen molar-refractivity contribution in [2.75, 3.05) is 6.61 Å². The summed E-state index contributed by atoms with van der Waals surface area (Å²) in [6.07, 6.45) is 9.89. The maximum atomic E-state index is 6.18. The highest BCUT2D eigenvalue weighted by molar-refractivity contribution is 5.14. The van der Waals surface area contributed by atoms with E-state index in [0.717, 1.165) is 24.5 Å². The van der Waals surface area contributed by atoms with E-state index in [-0.39, 0.29) is 12.1 Å². The largest absolute Gasteiger partial charge is 0.372 e. The van der Waals surface area contributed by atoms with Crippen molar-refractivity contribution in [1.82, 2.24) is 4.98 Å². The second kappa shape index (κ2) is 6.86. The third-order valence-corrected chi connectivity index (χ3v) is 3.86. The van der Waals surface area contributed by atoms with Gasteiger partial charge in [0.05, 0.1) is 12.7 Å². The molecule has 0 amide bonds. The maximum absolute atomic E-state index is 6.18. The fourth-order valence-corrected chi connectivity index (χ4v) is 2.64. The lowest BCUT2D eigenvalue weighted by molar-refractivity contribution is 0.0125. The zero-order valence-corrected chi connectivity index (χ0v) is 11.2. The standard InChI is InChI=1S/C15H24N2O/c1-2-14(16)15(13-8-5-9-17-10-13)18-11-12-6-3-4-7-12/h5,8-10,12,14-15H,2-4,6-7,11,16H2,1H3. The molecule has 18 heavy (non-hydrogen) atoms. The molecule has 0 aromatic carbocycles. The van der Waals surface area contributed by atoms with Crippen molar-refractivity contribution in [2.24, 2.45) is 11.7 Å². The number of hydrogen-bond acceptors (Lipinski definition) is 3. The molecule has 100 valence electrons. The Morgan fingerprint density at radius 1 is 1.44 bits per heavy atom. The smallest absolute Gasteiger partial charge is 0.0990 e. The van der Waals surface area contributed by atoms with Crippen LogP contribution in [0.5, 0.6) is 0 Å². The monoisotopic (exact) mass is 248 g/mol. The average Bonchev–Trinajstić information content (AvgIpc) is 2.93. The van der Waals surface area contributed by atoms with Crippen molar-refractivity contribution >= 4 is 0 Å². The Balaban J connectivity index is 1.96. The Morgan fingerprint density at radius 3 is 2.83 bits per heavy atom. The number of ether oxygens (including phenoxy) is 1. The Morgan fingerprint density at radius 2 is 2.22 bits per heavy atom. The highest BCUT2D eigenvalue weighted by atomic mass is 16.5. The van der Waals surface area contributed by atoms with Gasteiger partial charge in [-0.05, 0) is 31.2 Å². The van der Waals surface area contributed by atoms with E-state index in [1.807, 2.05) is 12.3 Å². The molecule has 1 aliphatic carbocycles. The molecule has 1 heterocycles. The molecule has 0 spiro atoms. The van der Waals surface area contributed by atoms with Crippen molar-refractivity contribution in [1.29, 1.82) is 0 Å². The minimum Gasteiger partial charge on any atom is -0.372 e. The minimum absolute atomic E-state index is 0.00991. The minimum atomic E-state index is -0.00991. The van der Waals surface area contributed by atoms with Crippen LogP contribution in [0.3, 0.4) is 0 Å². The SMILES string of the molecule is CCC(N)C(OCC1CCCC1)c1cccnc1. The summed E-state index contributed by atoms with van der Waals surface area (Å²) < 4.78 is 6.10. The Bertz CT molecular complexity index is 336. The molecule has 0 radical (unpaired) electrons. The van der Waals surface area contributed by atoms with Crippen molar-refractivity contribution in [3.8, 4) is 0 Å². The first-order chi connectivity index (χ1) is 8.81. The molecule has 3 heteroatoms. The van der Waals surface area contributed by atoms with Gasteiger partial charge in [0.2, 0.25) is 0 Å². The van der Waals surface area contributed by atoms with Crippen LogP contribution < -0.4 is 5.73 Å². The zero-order valence-electron chi connectivity index (χ0n) is 11.2. The van der Waals surface area contributed by atoms with E-state index < -0.39 is 0 Å². The average molecular weight is 248 g/mol. The molecule has 0 saturated heterocycles. The molecular weight excluding hydrogens is 224 g/mol. The number of hydrogen-bond donors (Lipinski definition) is 1. The molecule has 1 saturated carbocycles. The molecule has 2 N–H and O–H groups in total. The lowest BCUT2D eigenvalue weighted by Crippen LogP contribution is -2.30. The molecule has 2 unspecified atom stereocenters. The molecule has 2 atom stereocenters. The summed E-state index contributed by atoms with van der Waals surface area (Å²) in [7, 11) is 0. The number of nitrogens with zero attached hydrogens (tertiary/aromatic N) is 1. The topological polar surface area (TPSA) is 48.1 Å². The van der Waals surface area contributed by atoms with Crippen LogP contribution in [0.15, 0.2) is 24.5 Å². The Hall–Kier alpha value is -0.930. The Labute approximate surface area is 110 Å². The molecular formula is C15H24N2O. The van der Waals surface area contributed by atoms with E-state index in [1.165, 1.54) is 25.7 Å². The maximum Gasteiger partial charge on any atom is 0.0990 e. The molecule has 1 aliphatic rings. The summed E-state index contributed by atoms with van der Waals surface area (Å²) >= 11 is 0. The van der Waals surface area contributed by atoms with Crippen LogP contribution in [0.25, 0.3) is 0 Å². The molecule has 3 nitrogen and oxygen atoms in total. The van der Waals surface area contributed by atoms with Gasteiger partial charge in [-0.2, -0.15) is 0 Å². The van der Waals surface area contributed by atoms with Gasteiger partial charge in [0.25, 0.3) is 0 Å². The van der Waals surface area contributed by atoms with Gasteiger partial charge in [-0.1, -0.05) is 25.8 Å². The predicted octanol–water partition coefficient (Wildman–Crippen LogP) is 3.07. The van der Waals surface area contributed by atoms with Gasteiger partial charge < -0.3 is 10.5 Å². The van der Waals surface area contributed by atoms with E-state index in [2.05, 4.69) is 18.0 Å². The zero-order chi connectivity index (χ0) is 12.8. The summed E-state index contributed by atoms with van der Waals surface area (Å²) in [6, 6.07) is 4.06. The predicted molar refractivity (Wildman–Crippen MR) is 73.2 cm³/mol. The first-order valence-electron chi connectivity index (χ1n) is 7.08. The fraction of sp³-hybridized carbons (Fsp3) is 0.667. The first kappa shape index (κ1) is 13.5. The molecule has 1 aromatic rings. The van der Waals surface area contributed by atoms with Gasteiger partial charge in [0.1, 0.15) is 0 Å². The van der Waals surface area contributed by atoms with Gasteiger partial charge in [0, 0.05) is 24.0 Å². The third kappa shape index (κ3) is 3.53. The third-order valence-electron chi connectivity index (χ3n) is 3.86. The second-order valence-electron chi connectivity index (χ2n) is 5.26. The number of aromatic nitrogens is 1. The lowest BCUT2D eigenvalue weighted by Gasteiger charge is -2.25. The van der Waals surface area contributed by atoms with Gasteiger partial charge in [-0.25, -0.2) is 0 Å². The van der Waals surface area contributed by atoms with Crippen LogP contribution in [0, 0.1) is 5.92 Å². The van der Waals surface area contributed by atoms with Crippen molar-refractivity contribution in [3.05, 3.63) is 30.1 Å². The molecule has 1 fully saturated rings. The van der Waals surface area contributed by atoms with E-state index in [4.69, 9.17) is 10.5 Å². The van der Waals surface area contributed by atoms with E-state index in [1.54, 1.807) is 6.20 Å². The van der Waals surface area contributed by atoms with Crippen LogP contribution in [0.1, 0.15) is 50.7 Å².